The second-order valence-electron chi connectivity index (χ2n) is 5.09. The van der Waals surface area contributed by atoms with Gasteiger partial charge in [-0.25, -0.2) is 0 Å². The lowest BCUT2D eigenvalue weighted by Crippen LogP contribution is -2.53. The quantitative estimate of drug-likeness (QED) is 0.612. The number of hydrogen-bond acceptors (Lipinski definition) is 4. The van der Waals surface area contributed by atoms with E-state index >= 15 is 0 Å². The van der Waals surface area contributed by atoms with Crippen LogP contribution in [0.15, 0.2) is 24.5 Å². The van der Waals surface area contributed by atoms with Crippen LogP contribution < -0.4 is 11.3 Å². The number of pyridine rings is 1. The van der Waals surface area contributed by atoms with Crippen LogP contribution in [-0.2, 0) is 0 Å². The summed E-state index contributed by atoms with van der Waals surface area (Å²) >= 11 is 0. The van der Waals surface area contributed by atoms with Gasteiger partial charge in [0.05, 0.1) is 6.04 Å². The number of hydrazine groups is 1. The molecule has 2 rings (SSSR count). The zero-order valence-electron chi connectivity index (χ0n) is 10.7. The van der Waals surface area contributed by atoms with Gasteiger partial charge < -0.3 is 4.90 Å². The van der Waals surface area contributed by atoms with E-state index in [0.717, 1.165) is 0 Å². The van der Waals surface area contributed by atoms with Crippen LogP contribution in [0.4, 0.5) is 0 Å². The van der Waals surface area contributed by atoms with Gasteiger partial charge >= 0.3 is 0 Å². The van der Waals surface area contributed by atoms with Gasteiger partial charge in [0.2, 0.25) is 0 Å². The Morgan fingerprint density at radius 1 is 1.41 bits per heavy atom. The minimum Gasteiger partial charge on any atom is -0.302 e. The molecule has 1 heterocycles. The number of likely N-dealkylation sites (N-methyl/N-ethyl adjacent to an activating group) is 1. The van der Waals surface area contributed by atoms with E-state index in [1.165, 1.54) is 31.2 Å². The Balaban J connectivity index is 2.33. The Labute approximate surface area is 103 Å². The molecule has 3 N–H and O–H groups in total. The van der Waals surface area contributed by atoms with Gasteiger partial charge in [0.1, 0.15) is 0 Å². The highest BCUT2D eigenvalue weighted by Crippen LogP contribution is 2.42. The first kappa shape index (κ1) is 12.5. The number of nitrogens with zero attached hydrogens (tertiary/aromatic N) is 2. The van der Waals surface area contributed by atoms with E-state index in [9.17, 15) is 0 Å². The molecule has 0 amide bonds. The number of aromatic nitrogens is 1. The van der Waals surface area contributed by atoms with Crippen LogP contribution in [0.1, 0.15) is 37.3 Å². The van der Waals surface area contributed by atoms with Crippen molar-refractivity contribution in [3.8, 4) is 0 Å². The van der Waals surface area contributed by atoms with Gasteiger partial charge in [-0.05, 0) is 38.6 Å². The van der Waals surface area contributed by atoms with E-state index in [4.69, 9.17) is 5.84 Å². The highest BCUT2D eigenvalue weighted by Gasteiger charge is 2.43. The molecule has 1 aliphatic carbocycles. The largest absolute Gasteiger partial charge is 0.302 e. The van der Waals surface area contributed by atoms with Gasteiger partial charge in [0.25, 0.3) is 0 Å². The molecule has 0 aromatic carbocycles. The maximum atomic E-state index is 5.80. The molecule has 94 valence electrons. The first-order valence-electron chi connectivity index (χ1n) is 6.24. The number of hydrogen-bond donors (Lipinski definition) is 2. The third-order valence-electron chi connectivity index (χ3n) is 4.08. The SMILES string of the molecule is CN(C)C1(C(NN)c2cccnc2)CCCC1. The maximum absolute atomic E-state index is 5.80. The fourth-order valence-electron chi connectivity index (χ4n) is 3.09. The van der Waals surface area contributed by atoms with Crippen molar-refractivity contribution < 1.29 is 0 Å². The van der Waals surface area contributed by atoms with Crippen LogP contribution in [0.25, 0.3) is 0 Å². The van der Waals surface area contributed by atoms with Gasteiger partial charge in [-0.1, -0.05) is 18.9 Å². The minimum atomic E-state index is 0.123. The Kier molecular flexibility index (Phi) is 3.76. The molecule has 1 atom stereocenters. The van der Waals surface area contributed by atoms with Crippen molar-refractivity contribution in [1.82, 2.24) is 15.3 Å². The summed E-state index contributed by atoms with van der Waals surface area (Å²) in [5.74, 6) is 5.80. The van der Waals surface area contributed by atoms with E-state index < -0.39 is 0 Å². The lowest BCUT2D eigenvalue weighted by Gasteiger charge is -2.43. The van der Waals surface area contributed by atoms with E-state index in [1.807, 2.05) is 12.3 Å². The predicted octanol–water partition coefficient (Wildman–Crippen LogP) is 1.46. The number of rotatable bonds is 4. The third-order valence-corrected chi connectivity index (χ3v) is 4.08. The fourth-order valence-corrected chi connectivity index (χ4v) is 3.09. The zero-order valence-corrected chi connectivity index (χ0v) is 10.7. The summed E-state index contributed by atoms with van der Waals surface area (Å²) in [5, 5.41) is 0. The van der Waals surface area contributed by atoms with E-state index in [0.29, 0.717) is 0 Å². The Morgan fingerprint density at radius 3 is 2.59 bits per heavy atom. The molecule has 0 bridgehead atoms. The van der Waals surface area contributed by atoms with E-state index in [2.05, 4.69) is 35.5 Å². The molecule has 0 aliphatic heterocycles. The molecule has 0 spiro atoms. The van der Waals surface area contributed by atoms with E-state index in [-0.39, 0.29) is 11.6 Å². The second-order valence-corrected chi connectivity index (χ2v) is 5.09. The predicted molar refractivity (Wildman–Crippen MR) is 69.2 cm³/mol. The van der Waals surface area contributed by atoms with Gasteiger partial charge in [0.15, 0.2) is 0 Å². The molecule has 1 fully saturated rings. The van der Waals surface area contributed by atoms with Crippen LogP contribution in [-0.4, -0.2) is 29.5 Å². The van der Waals surface area contributed by atoms with Crippen molar-refractivity contribution in [3.05, 3.63) is 30.1 Å². The normalized spacial score (nSPS) is 20.7. The smallest absolute Gasteiger partial charge is 0.0658 e. The molecule has 1 saturated carbocycles. The summed E-state index contributed by atoms with van der Waals surface area (Å²) in [7, 11) is 4.29. The fraction of sp³-hybridized carbons (Fsp3) is 0.615. The van der Waals surface area contributed by atoms with E-state index in [1.54, 1.807) is 6.20 Å². The summed E-state index contributed by atoms with van der Waals surface area (Å²) < 4.78 is 0. The van der Waals surface area contributed by atoms with Crippen molar-refractivity contribution >= 4 is 0 Å². The molecule has 4 nitrogen and oxygen atoms in total. The first-order valence-corrected chi connectivity index (χ1v) is 6.24. The molecule has 0 saturated heterocycles. The van der Waals surface area contributed by atoms with Crippen molar-refractivity contribution in [1.29, 1.82) is 0 Å². The molecule has 1 aliphatic rings. The molecular formula is C13H22N4. The molecule has 17 heavy (non-hydrogen) atoms. The van der Waals surface area contributed by atoms with Crippen molar-refractivity contribution in [2.24, 2.45) is 5.84 Å². The van der Waals surface area contributed by atoms with Crippen molar-refractivity contribution in [2.75, 3.05) is 14.1 Å². The van der Waals surface area contributed by atoms with Gasteiger partial charge in [-0.15, -0.1) is 0 Å². The van der Waals surface area contributed by atoms with Gasteiger partial charge in [-0.2, -0.15) is 0 Å². The second kappa shape index (κ2) is 5.12. The molecular weight excluding hydrogens is 212 g/mol. The topological polar surface area (TPSA) is 54.2 Å². The Hall–Kier alpha value is -0.970. The molecule has 4 heteroatoms. The van der Waals surface area contributed by atoms with Crippen LogP contribution in [0.3, 0.4) is 0 Å². The first-order chi connectivity index (χ1) is 8.20. The zero-order chi connectivity index (χ0) is 12.3. The maximum Gasteiger partial charge on any atom is 0.0658 e. The van der Waals surface area contributed by atoms with Crippen LogP contribution in [0.2, 0.25) is 0 Å². The lowest BCUT2D eigenvalue weighted by atomic mass is 9.83. The average Bonchev–Trinajstić information content (AvgIpc) is 2.82. The molecule has 1 aromatic rings. The summed E-state index contributed by atoms with van der Waals surface area (Å²) in [4.78, 5) is 6.52. The summed E-state index contributed by atoms with van der Waals surface area (Å²) in [6, 6.07) is 4.22. The number of nitrogens with two attached hydrogens (primary N) is 1. The number of nitrogens with one attached hydrogen (secondary N) is 1. The monoisotopic (exact) mass is 234 g/mol. The Bertz CT molecular complexity index is 344. The van der Waals surface area contributed by atoms with Crippen molar-refractivity contribution in [2.45, 2.75) is 37.3 Å². The molecule has 0 radical (unpaired) electrons. The van der Waals surface area contributed by atoms with Gasteiger partial charge in [-0.3, -0.25) is 16.3 Å². The Morgan fingerprint density at radius 2 is 2.12 bits per heavy atom. The minimum absolute atomic E-state index is 0.123. The molecule has 1 unspecified atom stereocenters. The highest BCUT2D eigenvalue weighted by atomic mass is 15.3. The van der Waals surface area contributed by atoms with Crippen LogP contribution in [0.5, 0.6) is 0 Å². The molecule has 1 aromatic heterocycles. The third kappa shape index (κ3) is 2.20. The summed E-state index contributed by atoms with van der Waals surface area (Å²) in [6.07, 6.45) is 8.63. The highest BCUT2D eigenvalue weighted by molar-refractivity contribution is 5.20. The van der Waals surface area contributed by atoms with Gasteiger partial charge in [0, 0.05) is 17.9 Å². The van der Waals surface area contributed by atoms with Crippen LogP contribution in [0, 0.1) is 0 Å². The lowest BCUT2D eigenvalue weighted by molar-refractivity contribution is 0.104. The van der Waals surface area contributed by atoms with Crippen LogP contribution >= 0.6 is 0 Å². The average molecular weight is 234 g/mol. The summed E-state index contributed by atoms with van der Waals surface area (Å²) in [6.45, 7) is 0. The van der Waals surface area contributed by atoms with Crippen molar-refractivity contribution in [3.63, 3.8) is 0 Å². The standard InChI is InChI=1S/C13H22N4/c1-17(2)13(7-3-4-8-13)12(16-14)11-6-5-9-15-10-11/h5-6,9-10,12,16H,3-4,7-8,14H2,1-2H3. The summed E-state index contributed by atoms with van der Waals surface area (Å²) in [5.41, 5.74) is 4.30.